The molecule has 0 unspecified atom stereocenters. The van der Waals surface area contributed by atoms with Gasteiger partial charge in [-0.2, -0.15) is 5.01 Å². The van der Waals surface area contributed by atoms with E-state index in [9.17, 15) is 9.59 Å². The summed E-state index contributed by atoms with van der Waals surface area (Å²) in [4.78, 5) is 31.2. The molecule has 3 N–H and O–H groups in total. The Morgan fingerprint density at radius 1 is 1.61 bits per heavy atom. The second-order valence-electron chi connectivity index (χ2n) is 3.46. The van der Waals surface area contributed by atoms with E-state index in [2.05, 4.69) is 27.6 Å². The first-order valence-electron chi connectivity index (χ1n) is 4.99. The van der Waals surface area contributed by atoms with E-state index >= 15 is 0 Å². The average Bonchev–Trinajstić information content (AvgIpc) is 2.69. The molecular weight excluding hydrogens is 254 g/mol. The SMILES string of the molecule is NC(=S)/N=C1\CC(=O)N(C(=O)c2cccnc2)N1. The van der Waals surface area contributed by atoms with Crippen LogP contribution in [0.3, 0.4) is 0 Å². The number of imide groups is 1. The molecule has 2 heterocycles. The maximum Gasteiger partial charge on any atom is 0.281 e. The number of hydrogen-bond donors (Lipinski definition) is 2. The van der Waals surface area contributed by atoms with E-state index in [1.165, 1.54) is 12.4 Å². The average molecular weight is 263 g/mol. The molecule has 1 aromatic rings. The number of rotatable bonds is 1. The summed E-state index contributed by atoms with van der Waals surface area (Å²) in [5.74, 6) is -0.662. The number of hydrazine groups is 1. The molecule has 2 amide bonds. The number of amidine groups is 1. The molecule has 18 heavy (non-hydrogen) atoms. The first-order chi connectivity index (χ1) is 8.58. The number of nitrogens with two attached hydrogens (primary N) is 1. The van der Waals surface area contributed by atoms with Gasteiger partial charge in [-0.15, -0.1) is 0 Å². The second-order valence-corrected chi connectivity index (χ2v) is 3.88. The van der Waals surface area contributed by atoms with Gasteiger partial charge >= 0.3 is 0 Å². The molecule has 0 aliphatic carbocycles. The van der Waals surface area contributed by atoms with Crippen LogP contribution < -0.4 is 11.2 Å². The van der Waals surface area contributed by atoms with Crippen LogP contribution in [-0.2, 0) is 4.79 Å². The quantitative estimate of drug-likeness (QED) is 0.528. The van der Waals surface area contributed by atoms with Gasteiger partial charge in [0, 0.05) is 12.4 Å². The number of aromatic nitrogens is 1. The van der Waals surface area contributed by atoms with Crippen LogP contribution in [0, 0.1) is 0 Å². The highest BCUT2D eigenvalue weighted by Crippen LogP contribution is 2.08. The van der Waals surface area contributed by atoms with Crippen LogP contribution in [0.15, 0.2) is 29.5 Å². The number of thiocarbonyl (C=S) groups is 1. The fraction of sp³-hybridized carbons (Fsp3) is 0.100. The van der Waals surface area contributed by atoms with Gasteiger partial charge in [-0.1, -0.05) is 0 Å². The molecule has 1 aliphatic rings. The minimum atomic E-state index is -0.499. The number of pyridine rings is 1. The first-order valence-corrected chi connectivity index (χ1v) is 5.39. The summed E-state index contributed by atoms with van der Waals surface area (Å²) in [6, 6.07) is 3.17. The Labute approximate surface area is 108 Å². The summed E-state index contributed by atoms with van der Waals surface area (Å²) in [5.41, 5.74) is 8.09. The van der Waals surface area contributed by atoms with Crippen molar-refractivity contribution in [1.29, 1.82) is 0 Å². The van der Waals surface area contributed by atoms with E-state index in [0.29, 0.717) is 5.56 Å². The maximum atomic E-state index is 12.0. The third-order valence-corrected chi connectivity index (χ3v) is 2.26. The van der Waals surface area contributed by atoms with Gasteiger partial charge in [0.2, 0.25) is 0 Å². The van der Waals surface area contributed by atoms with Gasteiger partial charge in [0.1, 0.15) is 5.84 Å². The van der Waals surface area contributed by atoms with Crippen LogP contribution in [0.2, 0.25) is 0 Å². The van der Waals surface area contributed by atoms with Gasteiger partial charge in [0.15, 0.2) is 5.11 Å². The highest BCUT2D eigenvalue weighted by Gasteiger charge is 2.31. The second kappa shape index (κ2) is 4.88. The van der Waals surface area contributed by atoms with Gasteiger partial charge in [-0.3, -0.25) is 20.0 Å². The van der Waals surface area contributed by atoms with Crippen molar-refractivity contribution in [3.63, 3.8) is 0 Å². The predicted molar refractivity (Wildman–Crippen MR) is 67.4 cm³/mol. The zero-order valence-corrected chi connectivity index (χ0v) is 9.98. The standard InChI is InChI=1S/C10H9N5O2S/c11-10(18)13-7-4-8(16)15(14-7)9(17)6-2-1-3-12-5-6/h1-3,5H,4H2,(H3,11,13,14,18). The number of carbonyl (C=O) groups excluding carboxylic acids is 2. The number of amides is 2. The third-order valence-electron chi connectivity index (χ3n) is 2.17. The van der Waals surface area contributed by atoms with Crippen molar-refractivity contribution < 1.29 is 9.59 Å². The number of nitrogens with one attached hydrogen (secondary N) is 1. The number of hydrogen-bond acceptors (Lipinski definition) is 4. The molecule has 0 radical (unpaired) electrons. The Bertz CT molecular complexity index is 542. The normalized spacial score (nSPS) is 16.8. The van der Waals surface area contributed by atoms with Crippen molar-refractivity contribution in [3.8, 4) is 0 Å². The zero-order valence-electron chi connectivity index (χ0n) is 9.16. The summed E-state index contributed by atoms with van der Waals surface area (Å²) in [7, 11) is 0. The van der Waals surface area contributed by atoms with Gasteiger partial charge in [-0.25, -0.2) is 4.99 Å². The lowest BCUT2D eigenvalue weighted by Gasteiger charge is -2.13. The van der Waals surface area contributed by atoms with Crippen LogP contribution in [0.1, 0.15) is 16.8 Å². The van der Waals surface area contributed by atoms with Crippen LogP contribution in [0.5, 0.6) is 0 Å². The van der Waals surface area contributed by atoms with E-state index in [-0.39, 0.29) is 17.4 Å². The Kier molecular flexibility index (Phi) is 3.28. The van der Waals surface area contributed by atoms with Crippen LogP contribution in [0.25, 0.3) is 0 Å². The molecule has 1 fully saturated rings. The van der Waals surface area contributed by atoms with Gasteiger partial charge in [0.25, 0.3) is 11.8 Å². The van der Waals surface area contributed by atoms with Crippen molar-refractivity contribution in [1.82, 2.24) is 15.4 Å². The first kappa shape index (κ1) is 12.1. The lowest BCUT2D eigenvalue weighted by Crippen LogP contribution is -2.41. The fourth-order valence-corrected chi connectivity index (χ4v) is 1.54. The van der Waals surface area contributed by atoms with E-state index in [0.717, 1.165) is 5.01 Å². The van der Waals surface area contributed by atoms with Crippen molar-refractivity contribution >= 4 is 35.0 Å². The number of carbonyl (C=O) groups is 2. The number of nitrogens with zero attached hydrogens (tertiary/aromatic N) is 3. The summed E-state index contributed by atoms with van der Waals surface area (Å²) in [6.45, 7) is 0. The van der Waals surface area contributed by atoms with Crippen LogP contribution >= 0.6 is 12.2 Å². The molecule has 7 nitrogen and oxygen atoms in total. The molecule has 0 bridgehead atoms. The Balaban J connectivity index is 2.18. The molecule has 92 valence electrons. The largest absolute Gasteiger partial charge is 0.374 e. The summed E-state index contributed by atoms with van der Waals surface area (Å²) in [5, 5.41) is 0.773. The summed E-state index contributed by atoms with van der Waals surface area (Å²) < 4.78 is 0. The third kappa shape index (κ3) is 2.48. The van der Waals surface area contributed by atoms with Gasteiger partial charge < -0.3 is 5.73 Å². The highest BCUT2D eigenvalue weighted by atomic mass is 32.1. The summed E-state index contributed by atoms with van der Waals surface area (Å²) >= 11 is 4.59. The summed E-state index contributed by atoms with van der Waals surface area (Å²) in [6.07, 6.45) is 2.87. The van der Waals surface area contributed by atoms with E-state index < -0.39 is 11.8 Å². The van der Waals surface area contributed by atoms with E-state index in [4.69, 9.17) is 5.73 Å². The monoisotopic (exact) mass is 263 g/mol. The predicted octanol–water partition coefficient (Wildman–Crippen LogP) is -0.399. The molecule has 2 rings (SSSR count). The molecule has 0 saturated carbocycles. The Morgan fingerprint density at radius 3 is 3.00 bits per heavy atom. The highest BCUT2D eigenvalue weighted by molar-refractivity contribution is 7.80. The van der Waals surface area contributed by atoms with Crippen molar-refractivity contribution in [2.45, 2.75) is 6.42 Å². The minimum absolute atomic E-state index is 0.0384. The van der Waals surface area contributed by atoms with Crippen molar-refractivity contribution in [3.05, 3.63) is 30.1 Å². The smallest absolute Gasteiger partial charge is 0.281 e. The fourth-order valence-electron chi connectivity index (χ4n) is 1.43. The van der Waals surface area contributed by atoms with Gasteiger partial charge in [0.05, 0.1) is 12.0 Å². The number of aliphatic imine (C=N–C) groups is 1. The lowest BCUT2D eigenvalue weighted by atomic mass is 10.2. The van der Waals surface area contributed by atoms with Crippen molar-refractivity contribution in [2.75, 3.05) is 0 Å². The Hall–Kier alpha value is -2.35. The molecule has 0 spiro atoms. The van der Waals surface area contributed by atoms with Crippen LogP contribution in [0.4, 0.5) is 0 Å². The zero-order chi connectivity index (χ0) is 13.1. The topological polar surface area (TPSA) is 101 Å². The minimum Gasteiger partial charge on any atom is -0.374 e. The molecule has 0 aromatic carbocycles. The maximum absolute atomic E-state index is 12.0. The molecule has 1 aromatic heterocycles. The lowest BCUT2D eigenvalue weighted by molar-refractivity contribution is -0.126. The molecule has 0 atom stereocenters. The Morgan fingerprint density at radius 2 is 2.39 bits per heavy atom. The molecule has 1 saturated heterocycles. The molecular formula is C10H9N5O2S. The van der Waals surface area contributed by atoms with E-state index in [1.54, 1.807) is 12.1 Å². The van der Waals surface area contributed by atoms with Crippen molar-refractivity contribution in [2.24, 2.45) is 10.7 Å². The molecule has 1 aliphatic heterocycles. The van der Waals surface area contributed by atoms with E-state index in [1.807, 2.05) is 0 Å². The van der Waals surface area contributed by atoms with Gasteiger partial charge in [-0.05, 0) is 24.4 Å². The van der Waals surface area contributed by atoms with Crippen LogP contribution in [-0.4, -0.2) is 32.8 Å². The molecule has 8 heteroatoms.